The molecule has 0 saturated carbocycles. The van der Waals surface area contributed by atoms with Gasteiger partial charge in [0.25, 0.3) is 11.1 Å². The predicted molar refractivity (Wildman–Crippen MR) is 459 cm³/mol. The van der Waals surface area contributed by atoms with Gasteiger partial charge < -0.3 is 103 Å². The molecule has 4 aromatic heterocycles. The van der Waals surface area contributed by atoms with Gasteiger partial charge in [-0.05, 0) is 132 Å². The number of aromatic hydroxyl groups is 3. The summed E-state index contributed by atoms with van der Waals surface area (Å²) in [6.45, 7) is 17.1. The largest absolute Gasteiger partial charge is 0.508 e. The fourth-order valence-electron chi connectivity index (χ4n) is 20.1. The Morgan fingerprint density at radius 3 is 2.15 bits per heavy atom. The monoisotopic (exact) mass is 1740 g/mol. The van der Waals surface area contributed by atoms with Crippen molar-refractivity contribution in [2.45, 2.75) is 205 Å². The van der Waals surface area contributed by atoms with Gasteiger partial charge in [0.05, 0.1) is 102 Å². The molecule has 9 N–H and O–H groups in total. The zero-order valence-electron chi connectivity index (χ0n) is 71.8. The molecule has 0 spiro atoms. The standard InChI is InChI=1S/C39H49N3O14.C28H32N4O5.C25H24FN3O3.CH4/c1-19-35-22(42-13-15-52-37(51-5)36(42)56-35)16-26(54-19)55-24-18-39(49,25(43)10-7-14-53-38(48)41(3)12-11-40-2)17-21-28(24)34(47)30-29(32(21)45)31(44)20-8-6-9-23(50-4)27(20)33(30)46;1-6-18-19-12-17(33)8-9-23(19)30-25-20(18)14-32-24(25)13-22-21(26(32)34)15-36-16(3)28(22,7-2)37-27(35)31(5)11-10-29-4;1-3-25(32)15-8-19-23-14(10-29(19)24(31)13(15)5-7-20(25)30)21-17(27)6-4-12-11(2)16(26)9-18(28-23)22(12)21;/h6,8-9,19,22,24,26,35-37,40,45,47,49H,7,10-18H2,1-5H3;8-9,12-13,29,33H,3,6-7,10-11,14-15H2,1-2,4-5H3;8-9,17,32H,3-7,10,27H2,1-2H3;1H4/t19-,22-,24-,26-,35?,36+,37-,39-;28-;17-,25-;/m010./s1. The van der Waals surface area contributed by atoms with Crippen LogP contribution in [0.5, 0.6) is 23.0 Å². The molecule has 0 radical (unpaired) electrons. The number of ether oxygens (including phenoxy) is 9. The summed E-state index contributed by atoms with van der Waals surface area (Å²) >= 11 is 0. The molecule has 1 unspecified atom stereocenters. The Kier molecular flexibility index (Phi) is 25.0. The Balaban J connectivity index is 0.000000152. The first-order chi connectivity index (χ1) is 59.8. The SMILES string of the molecule is C.C=C1OCc2c(cc3n(c2=O)Cc2c-3nc3ccc(O)cc3c2CC)[C@]1(CC)OC(=O)N(C)CCNC.CC[C@@]1(O)C(=O)CCc2c1cc1n(c2=O)Cc2c-1nc1cc(F)c(C)c3c1c2[C@@H](N)CC3.CNCCN(C)C(=O)OCCCC(=O)[C@]1(O)Cc2c(O)c3c(c(O)c2[C@@H](O[C@H]2C[C@H]4C(O[C@@H]5[C@@H](OC)OCCN54)[C@H](C)O2)C1)C(=O)c1c(OC)cccc1C3=O. The lowest BCUT2D eigenvalue weighted by Crippen LogP contribution is -2.55. The zero-order valence-corrected chi connectivity index (χ0v) is 71.8. The van der Waals surface area contributed by atoms with Crippen LogP contribution in [0.15, 0.2) is 76.5 Å². The number of hydrogen-bond acceptors (Lipinski definition) is 28. The van der Waals surface area contributed by atoms with Crippen LogP contribution in [0.2, 0.25) is 0 Å². The van der Waals surface area contributed by atoms with Gasteiger partial charge in [-0.1, -0.05) is 46.9 Å². The van der Waals surface area contributed by atoms with Gasteiger partial charge >= 0.3 is 12.2 Å². The first-order valence-electron chi connectivity index (χ1n) is 42.6. The van der Waals surface area contributed by atoms with E-state index in [-0.39, 0.29) is 134 Å². The summed E-state index contributed by atoms with van der Waals surface area (Å²) in [5, 5.41) is 65.0. The van der Waals surface area contributed by atoms with Gasteiger partial charge in [0.15, 0.2) is 41.8 Å². The predicted octanol–water partition coefficient (Wildman–Crippen LogP) is 8.98. The third-order valence-corrected chi connectivity index (χ3v) is 26.8. The molecule has 10 heterocycles. The molecule has 4 aromatic carbocycles. The number of pyridine rings is 4. The lowest BCUT2D eigenvalue weighted by Gasteiger charge is -2.43. The van der Waals surface area contributed by atoms with Gasteiger partial charge in [0.2, 0.25) is 5.78 Å². The Hall–Kier alpha value is -11.0. The van der Waals surface area contributed by atoms with Crippen molar-refractivity contribution in [3.63, 3.8) is 0 Å². The van der Waals surface area contributed by atoms with Crippen LogP contribution < -0.4 is 32.2 Å². The zero-order chi connectivity index (χ0) is 89.1. The average Bonchev–Trinajstić information content (AvgIpc) is 1.71. The highest BCUT2D eigenvalue weighted by molar-refractivity contribution is 6.31. The highest BCUT2D eigenvalue weighted by Crippen LogP contribution is 2.55. The van der Waals surface area contributed by atoms with E-state index in [2.05, 4.69) is 29.0 Å². The minimum Gasteiger partial charge on any atom is -0.508 e. The quantitative estimate of drug-likeness (QED) is 0.0276. The number of rotatable bonds is 19. The topological polar surface area (TPSA) is 416 Å². The van der Waals surface area contributed by atoms with Gasteiger partial charge in [-0.25, -0.2) is 23.9 Å². The molecule has 10 aliphatic rings. The van der Waals surface area contributed by atoms with Gasteiger partial charge in [-0.2, -0.15) is 0 Å². The Bertz CT molecular complexity index is 5950. The van der Waals surface area contributed by atoms with E-state index in [0.717, 1.165) is 56.2 Å². The molecule has 4 aliphatic carbocycles. The number of morpholine rings is 1. The van der Waals surface area contributed by atoms with Gasteiger partial charge in [-0.3, -0.25) is 33.7 Å². The minimum atomic E-state index is -2.16. The molecule has 32 nitrogen and oxygen atoms in total. The number of ketones is 4. The highest BCUT2D eigenvalue weighted by atomic mass is 19.1. The number of nitrogens with two attached hydrogens (primary N) is 1. The molecule has 0 bridgehead atoms. The summed E-state index contributed by atoms with van der Waals surface area (Å²) < 4.78 is 71.2. The number of phenolic OH excluding ortho intramolecular Hbond substituents is 3. The molecule has 126 heavy (non-hydrogen) atoms. The van der Waals surface area contributed by atoms with Crippen LogP contribution in [-0.4, -0.2) is 226 Å². The summed E-state index contributed by atoms with van der Waals surface area (Å²) in [5.74, 6) is -3.35. The molecule has 670 valence electrons. The van der Waals surface area contributed by atoms with Crippen molar-refractivity contribution in [2.24, 2.45) is 5.73 Å². The summed E-state index contributed by atoms with van der Waals surface area (Å²) in [6, 6.07) is 14.3. The molecule has 33 heteroatoms. The molecule has 18 rings (SSSR count). The first kappa shape index (κ1) is 89.9. The van der Waals surface area contributed by atoms with Crippen molar-refractivity contribution < 1.29 is 101 Å². The second kappa shape index (κ2) is 35.0. The molecular weight excluding hydrogens is 1630 g/mol. The van der Waals surface area contributed by atoms with Crippen LogP contribution in [0, 0.1) is 12.7 Å². The van der Waals surface area contributed by atoms with E-state index in [0.29, 0.717) is 134 Å². The fourth-order valence-corrected chi connectivity index (χ4v) is 20.1. The van der Waals surface area contributed by atoms with E-state index in [4.69, 9.17) is 58.3 Å². The van der Waals surface area contributed by atoms with E-state index < -0.39 is 106 Å². The van der Waals surface area contributed by atoms with Gasteiger partial charge in [0, 0.05) is 159 Å². The van der Waals surface area contributed by atoms with Gasteiger partial charge in [-0.15, -0.1) is 0 Å². The van der Waals surface area contributed by atoms with Crippen molar-refractivity contribution in [3.8, 4) is 45.8 Å². The van der Waals surface area contributed by atoms with E-state index in [9.17, 15) is 68.3 Å². The number of carbonyl (C=O) groups excluding carboxylic acids is 6. The number of aliphatic hydroxyl groups is 2. The van der Waals surface area contributed by atoms with Crippen LogP contribution in [0.4, 0.5) is 14.0 Å². The number of amides is 2. The maximum absolute atomic E-state index is 14.7. The highest BCUT2D eigenvalue weighted by Gasteiger charge is 2.57. The fraction of sp³-hybridized carbons (Fsp3) is 0.484. The number of likely N-dealkylation sites (N-methyl/N-ethyl adjacent to an activating group) is 4. The molecule has 6 aliphatic heterocycles. The third kappa shape index (κ3) is 14.9. The van der Waals surface area contributed by atoms with E-state index in [1.54, 1.807) is 75.5 Å². The number of nitrogens with one attached hydrogen (secondary N) is 2. The lowest BCUT2D eigenvalue weighted by molar-refractivity contribution is -0.256. The van der Waals surface area contributed by atoms with Crippen LogP contribution in [0.1, 0.15) is 197 Å². The van der Waals surface area contributed by atoms with Gasteiger partial charge in [0.1, 0.15) is 58.5 Å². The number of phenols is 3. The molecule has 8 aromatic rings. The maximum Gasteiger partial charge on any atom is 0.410 e. The molecule has 3 saturated heterocycles. The van der Waals surface area contributed by atoms with E-state index >= 15 is 0 Å². The molecule has 2 amide bonds. The molecule has 3 fully saturated rings. The average molecular weight is 1740 g/mol. The normalized spacial score (nSPS) is 24.2. The summed E-state index contributed by atoms with van der Waals surface area (Å²) in [6.07, 6.45) is -2.82. The number of nitrogens with zero attached hydrogens (tertiary/aromatic N) is 7. The second-order valence-corrected chi connectivity index (χ2v) is 33.7. The van der Waals surface area contributed by atoms with Crippen molar-refractivity contribution >= 4 is 57.1 Å². The smallest absolute Gasteiger partial charge is 0.410 e. The Morgan fingerprint density at radius 2 is 1.46 bits per heavy atom. The van der Waals surface area contributed by atoms with Crippen molar-refractivity contribution in [2.75, 3.05) is 88.3 Å². The number of carbonyl (C=O) groups is 6. The van der Waals surface area contributed by atoms with E-state index in [1.165, 1.54) is 41.2 Å². The van der Waals surface area contributed by atoms with Crippen molar-refractivity contribution in [1.29, 1.82) is 0 Å². The molecular formula is C93H109FN10O22. The number of methoxy groups -OCH3 is 2. The number of aryl methyl sites for hydroxylation is 2. The first-order valence-corrected chi connectivity index (χ1v) is 42.6. The van der Waals surface area contributed by atoms with Crippen LogP contribution in [-0.2, 0) is 104 Å². The Morgan fingerprint density at radius 1 is 0.778 bits per heavy atom. The van der Waals surface area contributed by atoms with Crippen molar-refractivity contribution in [3.05, 3.63) is 182 Å². The number of fused-ring (bicyclic) bond motifs is 16. The number of benzene rings is 4. The number of aromatic nitrogens is 4. The number of halogens is 1. The van der Waals surface area contributed by atoms with Crippen LogP contribution in [0.25, 0.3) is 44.6 Å². The summed E-state index contributed by atoms with van der Waals surface area (Å²) in [5.41, 5.74) is 11.1. The number of Topliss-reactive ketones (excluding diaryl/α,β-unsaturated/α-hetero) is 2. The van der Waals surface area contributed by atoms with Crippen LogP contribution >= 0.6 is 0 Å². The maximum atomic E-state index is 14.7. The Labute approximate surface area is 726 Å². The van der Waals surface area contributed by atoms with Crippen molar-refractivity contribution in [1.82, 2.24) is 44.4 Å². The summed E-state index contributed by atoms with van der Waals surface area (Å²) in [7, 11) is 9.73. The third-order valence-electron chi connectivity index (χ3n) is 26.8. The van der Waals surface area contributed by atoms with Crippen LogP contribution in [0.3, 0.4) is 0 Å². The lowest BCUT2D eigenvalue weighted by atomic mass is 9.71. The van der Waals surface area contributed by atoms with E-state index in [1.807, 2.05) is 27.0 Å². The number of hydrogen-bond donors (Lipinski definition) is 8. The second-order valence-electron chi connectivity index (χ2n) is 33.7. The summed E-state index contributed by atoms with van der Waals surface area (Å²) in [4.78, 5) is 122. The molecule has 11 atom stereocenters. The minimum absolute atomic E-state index is 0.